The molecule has 2 aromatic carbocycles. The number of amides is 1. The number of benzene rings is 2. The number of carboxylic acid groups (broad SMARTS) is 1. The van der Waals surface area contributed by atoms with E-state index in [0.717, 1.165) is 10.4 Å². The minimum absolute atomic E-state index is 0.0418. The molecule has 0 radical (unpaired) electrons. The number of sulfonamides is 1. The highest BCUT2D eigenvalue weighted by atomic mass is 32.2. The van der Waals surface area contributed by atoms with Gasteiger partial charge in [-0.3, -0.25) is 14.4 Å². The van der Waals surface area contributed by atoms with E-state index in [-0.39, 0.29) is 31.2 Å². The number of nitrogens with zero attached hydrogens (tertiary/aromatic N) is 3. The van der Waals surface area contributed by atoms with Crippen LogP contribution >= 0.6 is 0 Å². The molecule has 0 bridgehead atoms. The molecule has 11 nitrogen and oxygen atoms in total. The van der Waals surface area contributed by atoms with Crippen molar-refractivity contribution >= 4 is 27.5 Å². The molecule has 2 N–H and O–H groups in total. The fourth-order valence-electron chi connectivity index (χ4n) is 3.62. The molecule has 1 fully saturated rings. The first-order valence-corrected chi connectivity index (χ1v) is 11.3. The second-order valence-corrected chi connectivity index (χ2v) is 8.97. The van der Waals surface area contributed by atoms with E-state index in [1.54, 1.807) is 24.3 Å². The zero-order valence-electron chi connectivity index (χ0n) is 17.4. The Morgan fingerprint density at radius 2 is 1.97 bits per heavy atom. The molecule has 32 heavy (non-hydrogen) atoms. The molecule has 0 aromatic heterocycles. The SMILES string of the molecule is COc1ccccc1N(CC[C@@H]1CN(C(=O)O)CCN1)S(=O)(=O)c1ccccc1[N+](=O)[O-]. The van der Waals surface area contributed by atoms with E-state index < -0.39 is 31.6 Å². The molecule has 12 heteroatoms. The van der Waals surface area contributed by atoms with Crippen molar-refractivity contribution in [2.75, 3.05) is 37.6 Å². The second kappa shape index (κ2) is 9.83. The summed E-state index contributed by atoms with van der Waals surface area (Å²) in [6, 6.07) is 11.4. The van der Waals surface area contributed by atoms with Crippen LogP contribution < -0.4 is 14.4 Å². The minimum Gasteiger partial charge on any atom is -0.495 e. The van der Waals surface area contributed by atoms with Gasteiger partial charge in [0.15, 0.2) is 4.90 Å². The van der Waals surface area contributed by atoms with Gasteiger partial charge in [-0.15, -0.1) is 0 Å². The third kappa shape index (κ3) is 4.92. The van der Waals surface area contributed by atoms with Gasteiger partial charge in [0.2, 0.25) is 0 Å². The third-order valence-electron chi connectivity index (χ3n) is 5.19. The predicted molar refractivity (Wildman–Crippen MR) is 117 cm³/mol. The molecule has 0 saturated carbocycles. The van der Waals surface area contributed by atoms with Gasteiger partial charge in [-0.05, 0) is 24.6 Å². The van der Waals surface area contributed by atoms with E-state index in [4.69, 9.17) is 4.74 Å². The van der Waals surface area contributed by atoms with Crippen LogP contribution in [-0.2, 0) is 10.0 Å². The van der Waals surface area contributed by atoms with Gasteiger partial charge < -0.3 is 20.1 Å². The van der Waals surface area contributed by atoms with Gasteiger partial charge in [0, 0.05) is 38.3 Å². The summed E-state index contributed by atoms with van der Waals surface area (Å²) >= 11 is 0. The molecule has 1 aliphatic rings. The number of ether oxygens (including phenoxy) is 1. The smallest absolute Gasteiger partial charge is 0.407 e. The average molecular weight is 465 g/mol. The number of hydrogen-bond acceptors (Lipinski definition) is 7. The average Bonchev–Trinajstić information content (AvgIpc) is 2.79. The van der Waals surface area contributed by atoms with Crippen molar-refractivity contribution in [3.8, 4) is 5.75 Å². The second-order valence-electron chi connectivity index (χ2n) is 7.14. The van der Waals surface area contributed by atoms with Crippen molar-refractivity contribution < 1.29 is 28.0 Å². The molecular formula is C20H24N4O7S. The monoisotopic (exact) mass is 464 g/mol. The molecule has 0 aliphatic carbocycles. The Balaban J connectivity index is 1.98. The first kappa shape index (κ1) is 23.3. The van der Waals surface area contributed by atoms with E-state index >= 15 is 0 Å². The Labute approximate surface area is 185 Å². The van der Waals surface area contributed by atoms with Crippen LogP contribution in [-0.4, -0.2) is 68.8 Å². The van der Waals surface area contributed by atoms with Crippen LogP contribution in [0.5, 0.6) is 5.75 Å². The summed E-state index contributed by atoms with van der Waals surface area (Å²) in [5, 5.41) is 23.9. The summed E-state index contributed by atoms with van der Waals surface area (Å²) in [5.74, 6) is 0.290. The first-order valence-electron chi connectivity index (χ1n) is 9.86. The van der Waals surface area contributed by atoms with Crippen LogP contribution in [0.4, 0.5) is 16.2 Å². The maximum atomic E-state index is 13.6. The number of nitro benzene ring substituents is 1. The highest BCUT2D eigenvalue weighted by Gasteiger charge is 2.34. The van der Waals surface area contributed by atoms with E-state index in [2.05, 4.69) is 5.32 Å². The van der Waals surface area contributed by atoms with Crippen LogP contribution in [0.1, 0.15) is 6.42 Å². The van der Waals surface area contributed by atoms with Crippen LogP contribution in [0.2, 0.25) is 0 Å². The van der Waals surface area contributed by atoms with E-state index in [9.17, 15) is 28.4 Å². The number of anilines is 1. The van der Waals surface area contributed by atoms with Gasteiger partial charge in [-0.25, -0.2) is 13.2 Å². The quantitative estimate of drug-likeness (QED) is 0.447. The lowest BCUT2D eigenvalue weighted by atomic mass is 10.1. The Morgan fingerprint density at radius 3 is 2.66 bits per heavy atom. The van der Waals surface area contributed by atoms with Crippen molar-refractivity contribution in [3.63, 3.8) is 0 Å². The molecule has 0 spiro atoms. The summed E-state index contributed by atoms with van der Waals surface area (Å²) in [6.45, 7) is 0.958. The fourth-order valence-corrected chi connectivity index (χ4v) is 5.27. The number of carbonyl (C=O) groups is 1. The zero-order valence-corrected chi connectivity index (χ0v) is 18.2. The topological polar surface area (TPSA) is 142 Å². The molecule has 1 atom stereocenters. The van der Waals surface area contributed by atoms with Crippen molar-refractivity contribution in [1.29, 1.82) is 0 Å². The van der Waals surface area contributed by atoms with Gasteiger partial charge >= 0.3 is 6.09 Å². The number of nitro groups is 1. The van der Waals surface area contributed by atoms with Crippen molar-refractivity contribution in [2.45, 2.75) is 17.4 Å². The Hall–Kier alpha value is -3.38. The lowest BCUT2D eigenvalue weighted by Gasteiger charge is -2.33. The molecule has 3 rings (SSSR count). The predicted octanol–water partition coefficient (Wildman–Crippen LogP) is 2.14. The number of piperazine rings is 1. The maximum absolute atomic E-state index is 13.6. The lowest BCUT2D eigenvalue weighted by Crippen LogP contribution is -2.53. The largest absolute Gasteiger partial charge is 0.495 e. The summed E-state index contributed by atoms with van der Waals surface area (Å²) in [6.07, 6.45) is -0.757. The zero-order chi connectivity index (χ0) is 23.3. The van der Waals surface area contributed by atoms with Gasteiger partial charge in [0.05, 0.1) is 17.7 Å². The molecule has 1 aliphatic heterocycles. The number of hydrogen-bond donors (Lipinski definition) is 2. The number of rotatable bonds is 8. The first-order chi connectivity index (χ1) is 15.3. The minimum atomic E-state index is -4.34. The van der Waals surface area contributed by atoms with Crippen molar-refractivity contribution in [3.05, 3.63) is 58.6 Å². The molecule has 1 saturated heterocycles. The molecule has 172 valence electrons. The molecule has 2 aromatic rings. The molecule has 0 unspecified atom stereocenters. The van der Waals surface area contributed by atoms with Gasteiger partial charge in [-0.1, -0.05) is 24.3 Å². The summed E-state index contributed by atoms with van der Waals surface area (Å²) < 4.78 is 33.6. The normalized spacial score (nSPS) is 16.4. The van der Waals surface area contributed by atoms with E-state index in [1.807, 2.05) is 0 Å². The van der Waals surface area contributed by atoms with Gasteiger partial charge in [-0.2, -0.15) is 0 Å². The summed E-state index contributed by atoms with van der Waals surface area (Å²) in [5.41, 5.74) is -0.292. The fraction of sp³-hybridized carbons (Fsp3) is 0.350. The van der Waals surface area contributed by atoms with E-state index in [0.29, 0.717) is 18.8 Å². The Morgan fingerprint density at radius 1 is 1.28 bits per heavy atom. The lowest BCUT2D eigenvalue weighted by molar-refractivity contribution is -0.387. The van der Waals surface area contributed by atoms with Gasteiger partial charge in [0.25, 0.3) is 15.7 Å². The van der Waals surface area contributed by atoms with Crippen LogP contribution in [0.25, 0.3) is 0 Å². The third-order valence-corrected chi connectivity index (χ3v) is 7.05. The number of para-hydroxylation sites is 3. The standard InChI is InChI=1S/C20H24N4O7S/c1-31-18-8-4-2-6-16(18)23(12-10-15-14-22(20(25)26)13-11-21-15)32(29,30)19-9-5-3-7-17(19)24(27)28/h2-9,15,21H,10-14H2,1H3,(H,25,26)/t15-/m1/s1. The molecule has 1 heterocycles. The summed E-state index contributed by atoms with van der Waals surface area (Å²) in [4.78, 5) is 22.9. The summed E-state index contributed by atoms with van der Waals surface area (Å²) in [7, 11) is -2.93. The van der Waals surface area contributed by atoms with Crippen LogP contribution in [0.15, 0.2) is 53.4 Å². The van der Waals surface area contributed by atoms with E-state index in [1.165, 1.54) is 30.2 Å². The van der Waals surface area contributed by atoms with Gasteiger partial charge in [0.1, 0.15) is 5.75 Å². The molecule has 1 amide bonds. The Kier molecular flexibility index (Phi) is 7.15. The highest BCUT2D eigenvalue weighted by molar-refractivity contribution is 7.93. The molecular weight excluding hydrogens is 440 g/mol. The van der Waals surface area contributed by atoms with Crippen molar-refractivity contribution in [1.82, 2.24) is 10.2 Å². The number of methoxy groups -OCH3 is 1. The van der Waals surface area contributed by atoms with Crippen molar-refractivity contribution in [2.24, 2.45) is 0 Å². The van der Waals surface area contributed by atoms with Crippen LogP contribution in [0, 0.1) is 10.1 Å². The van der Waals surface area contributed by atoms with Crippen LogP contribution in [0.3, 0.4) is 0 Å². The highest BCUT2D eigenvalue weighted by Crippen LogP contribution is 2.35. The maximum Gasteiger partial charge on any atom is 0.407 e. The number of nitrogens with one attached hydrogen (secondary N) is 1. The Bertz CT molecular complexity index is 1090.